The van der Waals surface area contributed by atoms with E-state index in [1.54, 1.807) is 7.11 Å². The maximum absolute atomic E-state index is 12.4. The van der Waals surface area contributed by atoms with Crippen LogP contribution >= 0.6 is 0 Å². The fourth-order valence-corrected chi connectivity index (χ4v) is 3.94. The van der Waals surface area contributed by atoms with Crippen LogP contribution in [0.5, 0.6) is 0 Å². The van der Waals surface area contributed by atoms with E-state index >= 15 is 0 Å². The topological polar surface area (TPSA) is 49.8 Å². The summed E-state index contributed by atoms with van der Waals surface area (Å²) in [7, 11) is 1.62. The van der Waals surface area contributed by atoms with Crippen molar-refractivity contribution < 1.29 is 14.6 Å². The second kappa shape index (κ2) is 4.21. The zero-order valence-electron chi connectivity index (χ0n) is 11.8. The molecule has 1 N–H and O–H groups in total. The quantitative estimate of drug-likeness (QED) is 0.860. The average molecular weight is 283 g/mol. The van der Waals surface area contributed by atoms with Crippen molar-refractivity contribution >= 4 is 11.6 Å². The molecule has 1 amide bonds. The number of para-hydroxylation sites is 1. The van der Waals surface area contributed by atoms with Crippen LogP contribution in [0.2, 0.25) is 0 Å². The zero-order valence-corrected chi connectivity index (χ0v) is 11.8. The van der Waals surface area contributed by atoms with Crippen LogP contribution in [0.3, 0.4) is 0 Å². The Morgan fingerprint density at radius 2 is 2.19 bits per heavy atom. The number of aliphatic hydroxyl groups excluding tert-OH is 1. The monoisotopic (exact) mass is 283 g/mol. The summed E-state index contributed by atoms with van der Waals surface area (Å²) in [6, 6.07) is 7.63. The first-order valence-electron chi connectivity index (χ1n) is 7.22. The molecular weight excluding hydrogens is 266 g/mol. The molecule has 4 nitrogen and oxygen atoms in total. The highest BCUT2D eigenvalue weighted by molar-refractivity contribution is 6.00. The first-order valence-corrected chi connectivity index (χ1v) is 7.22. The van der Waals surface area contributed by atoms with Gasteiger partial charge in [0.2, 0.25) is 5.91 Å². The van der Waals surface area contributed by atoms with E-state index in [4.69, 9.17) is 4.74 Å². The summed E-state index contributed by atoms with van der Waals surface area (Å²) in [5.41, 5.74) is 1.20. The van der Waals surface area contributed by atoms with E-state index in [2.05, 4.69) is 0 Å². The highest BCUT2D eigenvalue weighted by atomic mass is 16.5. The van der Waals surface area contributed by atoms with E-state index in [0.717, 1.165) is 23.4 Å². The Labute approximate surface area is 123 Å². The van der Waals surface area contributed by atoms with Gasteiger partial charge in [0.25, 0.3) is 0 Å². The lowest BCUT2D eigenvalue weighted by atomic mass is 9.70. The van der Waals surface area contributed by atoms with Crippen LogP contribution in [-0.2, 0) is 9.53 Å². The zero-order chi connectivity index (χ0) is 14.6. The summed E-state index contributed by atoms with van der Waals surface area (Å²) in [5.74, 6) is 0.695. The molecule has 1 spiro atoms. The molecule has 2 heterocycles. The first-order chi connectivity index (χ1) is 10.2. The van der Waals surface area contributed by atoms with Crippen LogP contribution in [0.1, 0.15) is 24.5 Å². The maximum atomic E-state index is 12.4. The number of anilines is 1. The molecule has 21 heavy (non-hydrogen) atoms. The van der Waals surface area contributed by atoms with Crippen LogP contribution in [0.25, 0.3) is 0 Å². The van der Waals surface area contributed by atoms with Gasteiger partial charge in [0, 0.05) is 17.9 Å². The average Bonchev–Trinajstić information content (AvgIpc) is 2.85. The summed E-state index contributed by atoms with van der Waals surface area (Å²) < 4.78 is 5.31. The normalized spacial score (nSPS) is 33.1. The van der Waals surface area contributed by atoms with Crippen molar-refractivity contribution in [2.45, 2.75) is 24.5 Å². The van der Waals surface area contributed by atoms with Gasteiger partial charge in [0.15, 0.2) is 0 Å². The van der Waals surface area contributed by atoms with Crippen LogP contribution in [0, 0.1) is 5.92 Å². The Bertz CT molecular complexity index is 678. The van der Waals surface area contributed by atoms with Gasteiger partial charge in [-0.3, -0.25) is 4.79 Å². The Morgan fingerprint density at radius 1 is 1.38 bits per heavy atom. The number of carbonyl (C=O) groups excluding carboxylic acids is 1. The number of allylic oxidation sites excluding steroid dienone is 1. The second-order valence-electron chi connectivity index (χ2n) is 5.86. The van der Waals surface area contributed by atoms with Crippen LogP contribution in [-0.4, -0.2) is 23.7 Å². The number of benzene rings is 1. The number of carbonyl (C=O) groups is 1. The van der Waals surface area contributed by atoms with E-state index in [1.165, 1.54) is 0 Å². The molecule has 4 heteroatoms. The number of hydrogen-bond donors (Lipinski definition) is 1. The fourth-order valence-electron chi connectivity index (χ4n) is 3.94. The third-order valence-corrected chi connectivity index (χ3v) is 4.93. The molecule has 4 rings (SSSR count). The van der Waals surface area contributed by atoms with Gasteiger partial charge >= 0.3 is 0 Å². The van der Waals surface area contributed by atoms with Gasteiger partial charge in [-0.15, -0.1) is 0 Å². The molecule has 3 aliphatic rings. The SMILES string of the molecule is COC1=CC2C(O)c3ccccc3N3C(=O)CCC23C=C1. The molecule has 3 atom stereocenters. The lowest BCUT2D eigenvalue weighted by molar-refractivity contribution is -0.117. The molecule has 108 valence electrons. The molecule has 0 radical (unpaired) electrons. The molecule has 0 bridgehead atoms. The molecule has 1 aliphatic carbocycles. The Hall–Kier alpha value is -2.07. The molecule has 2 aliphatic heterocycles. The molecule has 3 unspecified atom stereocenters. The second-order valence-corrected chi connectivity index (χ2v) is 5.86. The summed E-state index contributed by atoms with van der Waals surface area (Å²) in [4.78, 5) is 14.3. The standard InChI is InChI=1S/C17H17NO3/c1-21-11-6-8-17-9-7-15(19)18(17)14-5-3-2-4-12(14)16(20)13(17)10-11/h2-6,8,10,13,16,20H,7,9H2,1H3. The third-order valence-electron chi connectivity index (χ3n) is 4.93. The molecule has 0 aromatic heterocycles. The minimum absolute atomic E-state index is 0.123. The summed E-state index contributed by atoms with van der Waals surface area (Å²) >= 11 is 0. The van der Waals surface area contributed by atoms with E-state index in [1.807, 2.05) is 47.4 Å². The van der Waals surface area contributed by atoms with Crippen molar-refractivity contribution in [2.24, 2.45) is 5.92 Å². The van der Waals surface area contributed by atoms with E-state index in [9.17, 15) is 9.90 Å². The van der Waals surface area contributed by atoms with E-state index in [-0.39, 0.29) is 11.8 Å². The fraction of sp³-hybridized carbons (Fsp3) is 0.353. The maximum Gasteiger partial charge on any atom is 0.227 e. The van der Waals surface area contributed by atoms with Crippen LogP contribution in [0.15, 0.2) is 48.3 Å². The van der Waals surface area contributed by atoms with E-state index in [0.29, 0.717) is 6.42 Å². The van der Waals surface area contributed by atoms with Gasteiger partial charge in [-0.2, -0.15) is 0 Å². The number of nitrogens with zero attached hydrogens (tertiary/aromatic N) is 1. The van der Waals surface area contributed by atoms with Gasteiger partial charge in [0.05, 0.1) is 24.4 Å². The molecule has 1 saturated heterocycles. The van der Waals surface area contributed by atoms with Crippen molar-refractivity contribution in [1.29, 1.82) is 0 Å². The largest absolute Gasteiger partial charge is 0.497 e. The third kappa shape index (κ3) is 1.51. The van der Waals surface area contributed by atoms with Gasteiger partial charge in [-0.1, -0.05) is 24.3 Å². The molecule has 1 fully saturated rings. The van der Waals surface area contributed by atoms with Gasteiger partial charge in [-0.05, 0) is 24.6 Å². The van der Waals surface area contributed by atoms with Crippen LogP contribution < -0.4 is 4.90 Å². The Morgan fingerprint density at radius 3 is 3.00 bits per heavy atom. The first kappa shape index (κ1) is 12.7. The predicted octanol–water partition coefficient (Wildman–Crippen LogP) is 2.32. The minimum atomic E-state index is -0.626. The van der Waals surface area contributed by atoms with Crippen LogP contribution in [0.4, 0.5) is 5.69 Å². The number of fused-ring (bicyclic) bond motifs is 2. The smallest absolute Gasteiger partial charge is 0.227 e. The lowest BCUT2D eigenvalue weighted by Gasteiger charge is -2.49. The number of aliphatic hydroxyl groups is 1. The van der Waals surface area contributed by atoms with E-state index < -0.39 is 11.6 Å². The van der Waals surface area contributed by atoms with Crippen molar-refractivity contribution in [3.63, 3.8) is 0 Å². The summed E-state index contributed by atoms with van der Waals surface area (Å²) in [5, 5.41) is 10.8. The highest BCUT2D eigenvalue weighted by Gasteiger charge is 2.56. The number of ether oxygens (including phenoxy) is 1. The summed E-state index contributed by atoms with van der Waals surface area (Å²) in [6.45, 7) is 0. The predicted molar refractivity (Wildman–Crippen MR) is 78.6 cm³/mol. The van der Waals surface area contributed by atoms with Crippen molar-refractivity contribution in [1.82, 2.24) is 0 Å². The van der Waals surface area contributed by atoms with Crippen molar-refractivity contribution in [3.05, 3.63) is 53.8 Å². The Balaban J connectivity index is 1.95. The molecule has 0 saturated carbocycles. The number of methoxy groups -OCH3 is 1. The molecule has 1 aromatic rings. The number of amides is 1. The minimum Gasteiger partial charge on any atom is -0.497 e. The van der Waals surface area contributed by atoms with Gasteiger partial charge in [-0.25, -0.2) is 0 Å². The number of rotatable bonds is 1. The van der Waals surface area contributed by atoms with Gasteiger partial charge in [0.1, 0.15) is 5.76 Å². The molecular formula is C17H17NO3. The highest BCUT2D eigenvalue weighted by Crippen LogP contribution is 2.54. The summed E-state index contributed by atoms with van der Waals surface area (Å²) in [6.07, 6.45) is 6.50. The lowest BCUT2D eigenvalue weighted by Crippen LogP contribution is -2.55. The number of hydrogen-bond acceptors (Lipinski definition) is 3. The van der Waals surface area contributed by atoms with Crippen molar-refractivity contribution in [3.8, 4) is 0 Å². The molecule has 1 aromatic carbocycles. The Kier molecular flexibility index (Phi) is 2.54. The van der Waals surface area contributed by atoms with Crippen molar-refractivity contribution in [2.75, 3.05) is 12.0 Å². The van der Waals surface area contributed by atoms with Gasteiger partial charge < -0.3 is 14.7 Å².